The van der Waals surface area contributed by atoms with Crippen molar-refractivity contribution in [1.29, 1.82) is 0 Å². The number of nitrogens with zero attached hydrogens (tertiary/aromatic N) is 4. The molecular formula is C23H24FN5O2. The van der Waals surface area contributed by atoms with Crippen molar-refractivity contribution < 1.29 is 13.6 Å². The number of aromatic nitrogens is 3. The lowest BCUT2D eigenvalue weighted by Crippen LogP contribution is -2.70. The maximum absolute atomic E-state index is 13.7. The predicted molar refractivity (Wildman–Crippen MR) is 113 cm³/mol. The number of rotatable bonds is 3. The van der Waals surface area contributed by atoms with Gasteiger partial charge in [-0.3, -0.25) is 4.98 Å². The van der Waals surface area contributed by atoms with Crippen molar-refractivity contribution in [2.45, 2.75) is 51.6 Å². The molecule has 5 rings (SSSR count). The number of hydrogen-bond acceptors (Lipinski definition) is 5. The van der Waals surface area contributed by atoms with Crippen LogP contribution in [0.15, 0.2) is 41.1 Å². The van der Waals surface area contributed by atoms with E-state index in [0.29, 0.717) is 29.0 Å². The van der Waals surface area contributed by atoms with Gasteiger partial charge >= 0.3 is 6.03 Å². The number of halogens is 1. The van der Waals surface area contributed by atoms with Gasteiger partial charge in [0, 0.05) is 36.8 Å². The number of fused-ring (bicyclic) bond motifs is 2. The normalized spacial score (nSPS) is 24.6. The predicted octanol–water partition coefficient (Wildman–Crippen LogP) is 4.82. The van der Waals surface area contributed by atoms with Crippen LogP contribution in [-0.4, -0.2) is 32.2 Å². The molecule has 1 saturated carbocycles. The van der Waals surface area contributed by atoms with E-state index < -0.39 is 11.4 Å². The number of likely N-dealkylation sites (tertiary alicyclic amines) is 1. The van der Waals surface area contributed by atoms with E-state index in [1.165, 1.54) is 12.3 Å². The molecule has 1 saturated heterocycles. The molecule has 1 N–H and O–H groups in total. The van der Waals surface area contributed by atoms with E-state index in [4.69, 9.17) is 4.42 Å². The highest BCUT2D eigenvalue weighted by Gasteiger charge is 2.62. The average molecular weight is 421 g/mol. The van der Waals surface area contributed by atoms with Crippen LogP contribution in [0.2, 0.25) is 0 Å². The second kappa shape index (κ2) is 7.14. The number of carbonyl (C=O) groups excluding carboxylic acids is 1. The van der Waals surface area contributed by atoms with Crippen LogP contribution in [0.25, 0.3) is 11.1 Å². The Hall–Kier alpha value is -3.29. The second-order valence-electron chi connectivity index (χ2n) is 8.78. The fraction of sp³-hybridized carbons (Fsp3) is 0.391. The lowest BCUT2D eigenvalue weighted by molar-refractivity contribution is -0.110. The van der Waals surface area contributed by atoms with Gasteiger partial charge in [0.15, 0.2) is 0 Å². The van der Waals surface area contributed by atoms with Crippen LogP contribution in [0.3, 0.4) is 0 Å². The number of amides is 2. The minimum Gasteiger partial charge on any atom is -0.423 e. The van der Waals surface area contributed by atoms with E-state index in [1.54, 1.807) is 13.1 Å². The van der Waals surface area contributed by atoms with Crippen LogP contribution >= 0.6 is 0 Å². The van der Waals surface area contributed by atoms with Crippen LogP contribution in [0.4, 0.5) is 14.9 Å². The first kappa shape index (κ1) is 19.7. The SMILES string of the molecule is Cc1nnc([C@]23C[C@H](C)C[C@H](C2)N3C(=O)Nc2ccc(C)c(-c3cncc(F)c3)c2)o1. The third kappa shape index (κ3) is 3.26. The van der Waals surface area contributed by atoms with Crippen molar-refractivity contribution in [1.82, 2.24) is 20.1 Å². The number of pyridine rings is 1. The van der Waals surface area contributed by atoms with Gasteiger partial charge in [-0.05, 0) is 55.0 Å². The zero-order valence-corrected chi connectivity index (χ0v) is 17.7. The summed E-state index contributed by atoms with van der Waals surface area (Å²) in [5.41, 5.74) is 2.56. The summed E-state index contributed by atoms with van der Waals surface area (Å²) >= 11 is 0. The standard InChI is InChI=1S/C23H24FN5O2/c1-13-6-19-10-23(9-13,21-28-27-15(3)31-21)29(19)22(30)26-18-5-4-14(2)20(8-18)16-7-17(24)12-25-11-16/h4-5,7-8,11-13,19H,6,9-10H2,1-3H3,(H,26,30)/t13-,19-,23+/m1/s1. The Labute approximate surface area is 179 Å². The maximum Gasteiger partial charge on any atom is 0.323 e. The molecule has 160 valence electrons. The van der Waals surface area contributed by atoms with Crippen LogP contribution < -0.4 is 5.32 Å². The van der Waals surface area contributed by atoms with Gasteiger partial charge in [-0.1, -0.05) is 13.0 Å². The first-order chi connectivity index (χ1) is 14.9. The van der Waals surface area contributed by atoms with Crippen molar-refractivity contribution in [3.8, 4) is 11.1 Å². The second-order valence-corrected chi connectivity index (χ2v) is 8.78. The monoisotopic (exact) mass is 421 g/mol. The largest absolute Gasteiger partial charge is 0.423 e. The smallest absolute Gasteiger partial charge is 0.323 e. The van der Waals surface area contributed by atoms with Gasteiger partial charge in [0.25, 0.3) is 0 Å². The number of piperidine rings is 1. The zero-order valence-electron chi connectivity index (χ0n) is 17.7. The Kier molecular flexibility index (Phi) is 4.53. The number of aryl methyl sites for hydroxylation is 2. The van der Waals surface area contributed by atoms with Crippen molar-refractivity contribution in [3.63, 3.8) is 0 Å². The van der Waals surface area contributed by atoms with Crippen LogP contribution in [0.1, 0.15) is 43.5 Å². The number of nitrogens with one attached hydrogen (secondary N) is 1. The first-order valence-electron chi connectivity index (χ1n) is 10.5. The van der Waals surface area contributed by atoms with Gasteiger partial charge in [0.1, 0.15) is 11.4 Å². The van der Waals surface area contributed by atoms with Crippen molar-refractivity contribution in [2.75, 3.05) is 5.32 Å². The average Bonchev–Trinajstić information content (AvgIpc) is 3.15. The molecule has 2 aromatic heterocycles. The Bertz CT molecular complexity index is 1160. The molecule has 3 atom stereocenters. The molecular weight excluding hydrogens is 397 g/mol. The summed E-state index contributed by atoms with van der Waals surface area (Å²) in [7, 11) is 0. The molecule has 1 aromatic carbocycles. The number of hydrogen-bond donors (Lipinski definition) is 1. The molecule has 1 aliphatic carbocycles. The molecule has 31 heavy (non-hydrogen) atoms. The van der Waals surface area contributed by atoms with E-state index in [-0.39, 0.29) is 12.1 Å². The molecule has 0 unspecified atom stereocenters. The summed E-state index contributed by atoms with van der Waals surface area (Å²) in [6, 6.07) is 7.01. The van der Waals surface area contributed by atoms with E-state index in [2.05, 4.69) is 27.4 Å². The zero-order chi connectivity index (χ0) is 21.8. The van der Waals surface area contributed by atoms with Crippen LogP contribution in [-0.2, 0) is 5.54 Å². The lowest BCUT2D eigenvalue weighted by Gasteiger charge is -2.61. The summed E-state index contributed by atoms with van der Waals surface area (Å²) in [6.07, 6.45) is 5.38. The fourth-order valence-corrected chi connectivity index (χ4v) is 5.19. The lowest BCUT2D eigenvalue weighted by atomic mass is 9.64. The number of anilines is 1. The highest BCUT2D eigenvalue weighted by Crippen LogP contribution is 2.55. The molecule has 0 spiro atoms. The van der Waals surface area contributed by atoms with Gasteiger partial charge in [0.2, 0.25) is 11.8 Å². The van der Waals surface area contributed by atoms with Gasteiger partial charge in [-0.25, -0.2) is 9.18 Å². The van der Waals surface area contributed by atoms with Crippen LogP contribution in [0, 0.1) is 25.6 Å². The summed E-state index contributed by atoms with van der Waals surface area (Å²) in [4.78, 5) is 19.1. The molecule has 3 aromatic rings. The van der Waals surface area contributed by atoms with E-state index in [0.717, 1.165) is 30.4 Å². The molecule has 0 radical (unpaired) electrons. The Morgan fingerprint density at radius 2 is 2.06 bits per heavy atom. The van der Waals surface area contributed by atoms with Gasteiger partial charge in [-0.15, -0.1) is 10.2 Å². The third-order valence-corrected chi connectivity index (χ3v) is 6.41. The summed E-state index contributed by atoms with van der Waals surface area (Å²) in [5.74, 6) is 1.09. The molecule has 2 bridgehead atoms. The third-order valence-electron chi connectivity index (χ3n) is 6.41. The molecule has 2 fully saturated rings. The van der Waals surface area contributed by atoms with Crippen molar-refractivity contribution in [3.05, 3.63) is 59.8 Å². The van der Waals surface area contributed by atoms with Gasteiger partial charge in [-0.2, -0.15) is 0 Å². The summed E-state index contributed by atoms with van der Waals surface area (Å²) < 4.78 is 19.4. The maximum atomic E-state index is 13.7. The quantitative estimate of drug-likeness (QED) is 0.655. The Morgan fingerprint density at radius 1 is 1.23 bits per heavy atom. The van der Waals surface area contributed by atoms with Crippen molar-refractivity contribution in [2.24, 2.45) is 5.92 Å². The highest BCUT2D eigenvalue weighted by molar-refractivity contribution is 5.92. The first-order valence-corrected chi connectivity index (χ1v) is 10.5. The van der Waals surface area contributed by atoms with E-state index in [1.807, 2.05) is 30.0 Å². The number of benzene rings is 1. The summed E-state index contributed by atoms with van der Waals surface area (Å²) in [6.45, 7) is 5.90. The van der Waals surface area contributed by atoms with Crippen molar-refractivity contribution >= 4 is 11.7 Å². The van der Waals surface area contributed by atoms with Gasteiger partial charge < -0.3 is 14.6 Å². The van der Waals surface area contributed by atoms with Gasteiger partial charge in [0.05, 0.1) is 6.20 Å². The Morgan fingerprint density at radius 3 is 2.81 bits per heavy atom. The van der Waals surface area contributed by atoms with E-state index >= 15 is 0 Å². The molecule has 7 nitrogen and oxygen atoms in total. The number of carbonyl (C=O) groups is 1. The minimum absolute atomic E-state index is 0.147. The summed E-state index contributed by atoms with van der Waals surface area (Å²) in [5, 5.41) is 11.3. The molecule has 1 aliphatic heterocycles. The Balaban J connectivity index is 1.43. The fourth-order valence-electron chi connectivity index (χ4n) is 5.19. The van der Waals surface area contributed by atoms with Crippen LogP contribution in [0.5, 0.6) is 0 Å². The minimum atomic E-state index is -0.548. The molecule has 8 heteroatoms. The topological polar surface area (TPSA) is 84.2 Å². The van der Waals surface area contributed by atoms with E-state index in [9.17, 15) is 9.18 Å². The molecule has 2 amide bonds. The molecule has 2 aliphatic rings. The number of urea groups is 1. The molecule has 3 heterocycles. The highest BCUT2D eigenvalue weighted by atomic mass is 19.1.